The molecule has 5 nitrogen and oxygen atoms in total. The van der Waals surface area contributed by atoms with Gasteiger partial charge in [0, 0.05) is 6.42 Å². The Kier molecular flexibility index (Phi) is 12.9. The minimum Gasteiger partial charge on any atom is -0.349 e. The molecule has 1 aromatic rings. The van der Waals surface area contributed by atoms with E-state index in [1.165, 1.54) is 51.4 Å². The van der Waals surface area contributed by atoms with Crippen LogP contribution >= 0.6 is 0 Å². The summed E-state index contributed by atoms with van der Waals surface area (Å²) in [6.07, 6.45) is 17.0. The number of aryl methyl sites for hydroxylation is 1. The van der Waals surface area contributed by atoms with E-state index in [9.17, 15) is 8.42 Å². The minimum atomic E-state index is -3.93. The highest BCUT2D eigenvalue weighted by Crippen LogP contribution is 2.71. The lowest BCUT2D eigenvalue weighted by atomic mass is 9.70. The molecule has 2 saturated carbocycles. The number of ether oxygens (including phenoxy) is 2. The van der Waals surface area contributed by atoms with Crippen LogP contribution in [0.15, 0.2) is 29.2 Å². The van der Waals surface area contributed by atoms with Crippen molar-refractivity contribution in [3.63, 3.8) is 0 Å². The Morgan fingerprint density at radius 3 is 2.09 bits per heavy atom. The van der Waals surface area contributed by atoms with Crippen molar-refractivity contribution < 1.29 is 22.1 Å². The predicted molar refractivity (Wildman–Crippen MR) is 180 cm³/mol. The third-order valence-corrected chi connectivity index (χ3v) is 13.2. The first-order valence-electron chi connectivity index (χ1n) is 18.2. The van der Waals surface area contributed by atoms with Gasteiger partial charge in [-0.25, -0.2) is 0 Å². The first-order chi connectivity index (χ1) is 20.9. The second-order valence-corrected chi connectivity index (χ2v) is 17.3. The van der Waals surface area contributed by atoms with E-state index in [1.54, 1.807) is 12.1 Å². The zero-order chi connectivity index (χ0) is 32.0. The molecule has 0 radical (unpaired) electrons. The number of fused-ring (bicyclic) bond motifs is 5. The lowest BCUT2D eigenvalue weighted by Crippen LogP contribution is -2.40. The lowest BCUT2D eigenvalue weighted by Gasteiger charge is -2.39. The molecule has 2 bridgehead atoms. The molecule has 0 N–H and O–H groups in total. The van der Waals surface area contributed by atoms with Crippen LogP contribution < -0.4 is 0 Å². The summed E-state index contributed by atoms with van der Waals surface area (Å²) in [6.45, 7) is 16.0. The first-order valence-corrected chi connectivity index (χ1v) is 19.6. The molecular formula is C38H64O5S. The Balaban J connectivity index is 1.48. The van der Waals surface area contributed by atoms with Crippen LogP contribution in [0.4, 0.5) is 0 Å². The summed E-state index contributed by atoms with van der Waals surface area (Å²) in [5.74, 6) is 1.82. The first kappa shape index (κ1) is 35.9. The quantitative estimate of drug-likeness (QED) is 0.106. The van der Waals surface area contributed by atoms with Crippen LogP contribution in [-0.4, -0.2) is 33.0 Å². The molecule has 2 aliphatic carbocycles. The van der Waals surface area contributed by atoms with Gasteiger partial charge in [0.1, 0.15) is 6.10 Å². The molecule has 0 unspecified atom stereocenters. The van der Waals surface area contributed by atoms with Gasteiger partial charge in [-0.05, 0) is 73.3 Å². The normalized spacial score (nSPS) is 28.9. The molecular weight excluding hydrogens is 568 g/mol. The van der Waals surface area contributed by atoms with E-state index in [0.29, 0.717) is 24.2 Å². The van der Waals surface area contributed by atoms with Gasteiger partial charge in [-0.1, -0.05) is 130 Å². The summed E-state index contributed by atoms with van der Waals surface area (Å²) >= 11 is 0. The van der Waals surface area contributed by atoms with Crippen LogP contribution in [0.2, 0.25) is 0 Å². The predicted octanol–water partition coefficient (Wildman–Crippen LogP) is 10.4. The van der Waals surface area contributed by atoms with Crippen molar-refractivity contribution in [3.05, 3.63) is 29.8 Å². The number of hydrogen-bond acceptors (Lipinski definition) is 5. The molecule has 0 aromatic heterocycles. The van der Waals surface area contributed by atoms with Gasteiger partial charge in [-0.3, -0.25) is 4.18 Å². The Labute approximate surface area is 270 Å². The zero-order valence-electron chi connectivity index (χ0n) is 29.1. The van der Waals surface area contributed by atoms with Gasteiger partial charge in [0.15, 0.2) is 6.29 Å². The molecule has 1 aromatic carbocycles. The second-order valence-electron chi connectivity index (χ2n) is 15.7. The van der Waals surface area contributed by atoms with E-state index < -0.39 is 16.2 Å². The Morgan fingerprint density at radius 1 is 0.864 bits per heavy atom. The van der Waals surface area contributed by atoms with Gasteiger partial charge in [-0.2, -0.15) is 8.42 Å². The summed E-state index contributed by atoms with van der Waals surface area (Å²) in [5.41, 5.74) is 1.49. The van der Waals surface area contributed by atoms with Gasteiger partial charge in [0.25, 0.3) is 10.1 Å². The highest BCUT2D eigenvalue weighted by Gasteiger charge is 2.69. The zero-order valence-corrected chi connectivity index (χ0v) is 29.9. The van der Waals surface area contributed by atoms with E-state index in [-0.39, 0.29) is 34.2 Å². The SMILES string of the molecule is CCCCCCCCCC[C@@H](O[C@H]1C[C@@H]2[C@H]3CC[C@@](C)([C@@H]2O1)C3(C)C)[C@@H](CCCCC(C)C)OS(=O)(=O)c1ccc(C)cc1. The number of rotatable bonds is 20. The molecule has 3 fully saturated rings. The maximum absolute atomic E-state index is 13.6. The molecule has 252 valence electrons. The second kappa shape index (κ2) is 15.8. The van der Waals surface area contributed by atoms with Crippen molar-refractivity contribution in [2.75, 3.05) is 0 Å². The van der Waals surface area contributed by atoms with E-state index in [4.69, 9.17) is 13.7 Å². The maximum atomic E-state index is 13.6. The molecule has 1 saturated heterocycles. The highest BCUT2D eigenvalue weighted by molar-refractivity contribution is 7.86. The molecule has 44 heavy (non-hydrogen) atoms. The molecule has 3 aliphatic rings. The summed E-state index contributed by atoms with van der Waals surface area (Å²) in [4.78, 5) is 0.222. The number of benzene rings is 1. The third kappa shape index (κ3) is 8.49. The number of unbranched alkanes of at least 4 members (excludes halogenated alkanes) is 8. The summed E-state index contributed by atoms with van der Waals surface area (Å²) in [7, 11) is -3.93. The van der Waals surface area contributed by atoms with Crippen LogP contribution in [0.25, 0.3) is 0 Å². The lowest BCUT2D eigenvalue weighted by molar-refractivity contribution is -0.202. The summed E-state index contributed by atoms with van der Waals surface area (Å²) in [5, 5.41) is 0. The Hall–Kier alpha value is -0.950. The van der Waals surface area contributed by atoms with Crippen molar-refractivity contribution in [1.82, 2.24) is 0 Å². The van der Waals surface area contributed by atoms with Crippen molar-refractivity contribution in [2.45, 2.75) is 181 Å². The maximum Gasteiger partial charge on any atom is 0.297 e. The minimum absolute atomic E-state index is 0.176. The summed E-state index contributed by atoms with van der Waals surface area (Å²) in [6, 6.07) is 7.00. The fourth-order valence-corrected chi connectivity index (χ4v) is 9.83. The average Bonchev–Trinajstić information content (AvgIpc) is 3.54. The van der Waals surface area contributed by atoms with Crippen LogP contribution in [0.3, 0.4) is 0 Å². The van der Waals surface area contributed by atoms with E-state index in [2.05, 4.69) is 41.5 Å². The molecule has 1 heterocycles. The topological polar surface area (TPSA) is 61.8 Å². The third-order valence-electron chi connectivity index (χ3n) is 11.8. The van der Waals surface area contributed by atoms with Gasteiger partial charge in [0.05, 0.1) is 17.1 Å². The van der Waals surface area contributed by atoms with Gasteiger partial charge >= 0.3 is 0 Å². The van der Waals surface area contributed by atoms with Crippen LogP contribution in [0.5, 0.6) is 0 Å². The molecule has 7 atom stereocenters. The van der Waals surface area contributed by atoms with Gasteiger partial charge in [-0.15, -0.1) is 0 Å². The van der Waals surface area contributed by atoms with Crippen LogP contribution in [0.1, 0.15) is 150 Å². The van der Waals surface area contributed by atoms with E-state index >= 15 is 0 Å². The van der Waals surface area contributed by atoms with Crippen molar-refractivity contribution in [2.24, 2.45) is 28.6 Å². The Bertz CT molecular complexity index is 1110. The molecule has 0 amide bonds. The molecule has 1 aliphatic heterocycles. The smallest absolute Gasteiger partial charge is 0.297 e. The average molecular weight is 633 g/mol. The van der Waals surface area contributed by atoms with Crippen LogP contribution in [-0.2, 0) is 23.8 Å². The van der Waals surface area contributed by atoms with Gasteiger partial charge < -0.3 is 9.47 Å². The fraction of sp³-hybridized carbons (Fsp3) is 0.842. The van der Waals surface area contributed by atoms with Crippen molar-refractivity contribution in [1.29, 1.82) is 0 Å². The molecule has 6 heteroatoms. The molecule has 4 rings (SSSR count). The van der Waals surface area contributed by atoms with Gasteiger partial charge in [0.2, 0.25) is 0 Å². The van der Waals surface area contributed by atoms with Crippen LogP contribution in [0, 0.1) is 35.5 Å². The fourth-order valence-electron chi connectivity index (χ4n) is 8.70. The standard InChI is InChI=1S/C38H64O5S/c1-8-9-10-11-12-13-14-15-19-33(41-35-27-31-32-25-26-38(7,36(31)42-35)37(32,5)6)34(20-17-16-18-28(2)3)43-44(39,40)30-23-21-29(4)22-24-30/h21-24,28,31-36H,8-20,25-27H2,1-7H3/t31-,32-,33-,34-,35-,36-,38+/m1/s1. The van der Waals surface area contributed by atoms with Crippen molar-refractivity contribution >= 4 is 10.1 Å². The summed E-state index contributed by atoms with van der Waals surface area (Å²) < 4.78 is 47.0. The largest absolute Gasteiger partial charge is 0.349 e. The van der Waals surface area contributed by atoms with E-state index in [0.717, 1.165) is 50.5 Å². The van der Waals surface area contributed by atoms with Crippen molar-refractivity contribution in [3.8, 4) is 0 Å². The number of hydrogen-bond donors (Lipinski definition) is 0. The molecule has 0 spiro atoms. The highest BCUT2D eigenvalue weighted by atomic mass is 32.2. The monoisotopic (exact) mass is 632 g/mol. The van der Waals surface area contributed by atoms with E-state index in [1.807, 2.05) is 19.1 Å². The Morgan fingerprint density at radius 2 is 1.45 bits per heavy atom.